The Bertz CT molecular complexity index is 890. The average molecular weight is 415 g/mol. The second-order valence-corrected chi connectivity index (χ2v) is 6.78. The smallest absolute Gasteiger partial charge is 0.175 e. The lowest BCUT2D eigenvalue weighted by Crippen LogP contribution is -2.35. The summed E-state index contributed by atoms with van der Waals surface area (Å²) >= 11 is 3.55. The van der Waals surface area contributed by atoms with Gasteiger partial charge in [-0.25, -0.2) is 9.38 Å². The van der Waals surface area contributed by atoms with Gasteiger partial charge in [0.05, 0.1) is 28.5 Å². The lowest BCUT2D eigenvalue weighted by atomic mass is 10.1. The Balaban J connectivity index is 1.99. The molecule has 0 unspecified atom stereocenters. The van der Waals surface area contributed by atoms with E-state index >= 15 is 0 Å². The van der Waals surface area contributed by atoms with E-state index in [9.17, 15) is 4.39 Å². The monoisotopic (exact) mass is 414 g/mol. The van der Waals surface area contributed by atoms with E-state index in [1.165, 1.54) is 12.7 Å². The fourth-order valence-electron chi connectivity index (χ4n) is 2.90. The van der Waals surface area contributed by atoms with Crippen LogP contribution in [0.4, 0.5) is 4.39 Å². The van der Waals surface area contributed by atoms with Gasteiger partial charge < -0.3 is 9.64 Å². The summed E-state index contributed by atoms with van der Waals surface area (Å²) in [5.74, 6) is 0.324. The highest BCUT2D eigenvalue weighted by Crippen LogP contribution is 2.32. The molecule has 0 radical (unpaired) electrons. The Hall–Kier alpha value is -2.40. The summed E-state index contributed by atoms with van der Waals surface area (Å²) in [7, 11) is 1.46. The van der Waals surface area contributed by atoms with Gasteiger partial charge in [0, 0.05) is 6.54 Å². The number of benzene rings is 2. The van der Waals surface area contributed by atoms with Crippen molar-refractivity contribution in [2.75, 3.05) is 13.7 Å². The van der Waals surface area contributed by atoms with Crippen LogP contribution in [0, 0.1) is 5.82 Å². The number of rotatable bonds is 5. The Labute approximate surface area is 161 Å². The zero-order valence-electron chi connectivity index (χ0n) is 14.8. The average Bonchev–Trinajstić information content (AvgIpc) is 2.66. The number of hydrogen-bond donors (Lipinski definition) is 0. The summed E-state index contributed by atoms with van der Waals surface area (Å²) in [6, 6.07) is 15.2. The molecule has 0 amide bonds. The summed E-state index contributed by atoms with van der Waals surface area (Å²) in [5, 5.41) is 0. The Morgan fingerprint density at radius 2 is 1.88 bits per heavy atom. The molecule has 0 aromatic heterocycles. The van der Waals surface area contributed by atoms with Crippen molar-refractivity contribution < 1.29 is 9.13 Å². The standard InChI is InChI=1S/C21H20BrFN2O/c1-14-19(22)15(2)25(13-12-16-8-5-4-6-9-16)21(24-14)17-10-7-11-18(26-3)20(17)23/h4-11H,2,12-13H2,1,3H3. The van der Waals surface area contributed by atoms with Gasteiger partial charge in [0.2, 0.25) is 0 Å². The van der Waals surface area contributed by atoms with Gasteiger partial charge in [-0.3, -0.25) is 0 Å². The van der Waals surface area contributed by atoms with Crippen LogP contribution in [0.2, 0.25) is 0 Å². The van der Waals surface area contributed by atoms with Crippen LogP contribution in [0.5, 0.6) is 5.75 Å². The molecule has 0 fully saturated rings. The van der Waals surface area contributed by atoms with Gasteiger partial charge in [-0.2, -0.15) is 0 Å². The van der Waals surface area contributed by atoms with Gasteiger partial charge in [0.1, 0.15) is 5.84 Å². The van der Waals surface area contributed by atoms with E-state index in [0.29, 0.717) is 17.9 Å². The lowest BCUT2D eigenvalue weighted by Gasteiger charge is -2.32. The van der Waals surface area contributed by atoms with Crippen LogP contribution in [-0.4, -0.2) is 24.4 Å². The fourth-order valence-corrected chi connectivity index (χ4v) is 3.20. The third-order valence-corrected chi connectivity index (χ3v) is 5.35. The molecule has 1 aliphatic heterocycles. The topological polar surface area (TPSA) is 24.8 Å². The SMILES string of the molecule is C=C1C(Br)=C(C)N=C(c2cccc(OC)c2F)N1CCc1ccccc1. The van der Waals surface area contributed by atoms with E-state index in [1.54, 1.807) is 18.2 Å². The van der Waals surface area contributed by atoms with Gasteiger partial charge in [-0.05, 0) is 47.0 Å². The van der Waals surface area contributed by atoms with E-state index in [-0.39, 0.29) is 5.75 Å². The predicted molar refractivity (Wildman–Crippen MR) is 107 cm³/mol. The second-order valence-electron chi connectivity index (χ2n) is 5.99. The molecule has 3 nitrogen and oxygen atoms in total. The third kappa shape index (κ3) is 3.58. The predicted octanol–water partition coefficient (Wildman–Crippen LogP) is 5.28. The summed E-state index contributed by atoms with van der Waals surface area (Å²) in [6.45, 7) is 6.69. The molecule has 0 aliphatic carbocycles. The zero-order valence-corrected chi connectivity index (χ0v) is 16.4. The maximum atomic E-state index is 14.9. The minimum atomic E-state index is -0.419. The molecule has 0 saturated heterocycles. The molecule has 0 bridgehead atoms. The summed E-state index contributed by atoms with van der Waals surface area (Å²) in [4.78, 5) is 6.58. The summed E-state index contributed by atoms with van der Waals surface area (Å²) in [6.07, 6.45) is 0.795. The third-order valence-electron chi connectivity index (χ3n) is 4.32. The molecule has 0 spiro atoms. The first-order valence-corrected chi connectivity index (χ1v) is 9.11. The molecular formula is C21H20BrFN2O. The minimum absolute atomic E-state index is 0.199. The van der Waals surface area contributed by atoms with Crippen molar-refractivity contribution in [2.24, 2.45) is 4.99 Å². The maximum Gasteiger partial charge on any atom is 0.175 e. The molecule has 2 aromatic rings. The number of ether oxygens (including phenoxy) is 1. The van der Waals surface area contributed by atoms with Crippen LogP contribution in [0.1, 0.15) is 18.1 Å². The van der Waals surface area contributed by atoms with Crippen LogP contribution in [-0.2, 0) is 6.42 Å². The molecule has 0 N–H and O–H groups in total. The summed E-state index contributed by atoms with van der Waals surface area (Å²) < 4.78 is 20.8. The number of nitrogens with zero attached hydrogens (tertiary/aromatic N) is 2. The van der Waals surface area contributed by atoms with Crippen molar-refractivity contribution in [3.8, 4) is 5.75 Å². The minimum Gasteiger partial charge on any atom is -0.494 e. The van der Waals surface area contributed by atoms with E-state index in [2.05, 4.69) is 39.6 Å². The molecule has 2 aromatic carbocycles. The van der Waals surface area contributed by atoms with Crippen molar-refractivity contribution in [1.29, 1.82) is 0 Å². The first kappa shape index (κ1) is 18.4. The molecule has 3 rings (SSSR count). The first-order chi connectivity index (χ1) is 12.5. The number of aliphatic imine (C=N–C) groups is 1. The van der Waals surface area contributed by atoms with E-state index in [1.807, 2.05) is 30.0 Å². The largest absolute Gasteiger partial charge is 0.494 e. The van der Waals surface area contributed by atoms with Gasteiger partial charge in [0.15, 0.2) is 11.6 Å². The second kappa shape index (κ2) is 7.87. The highest BCUT2D eigenvalue weighted by molar-refractivity contribution is 9.12. The van der Waals surface area contributed by atoms with Crippen molar-refractivity contribution >= 4 is 21.8 Å². The van der Waals surface area contributed by atoms with Crippen LogP contribution in [0.15, 0.2) is 76.0 Å². The number of halogens is 2. The molecule has 134 valence electrons. The number of methoxy groups -OCH3 is 1. The highest BCUT2D eigenvalue weighted by atomic mass is 79.9. The number of hydrogen-bond acceptors (Lipinski definition) is 3. The van der Waals surface area contributed by atoms with Crippen molar-refractivity contribution in [3.05, 3.63) is 87.9 Å². The summed E-state index contributed by atoms with van der Waals surface area (Å²) in [5.41, 5.74) is 3.14. The van der Waals surface area contributed by atoms with Gasteiger partial charge >= 0.3 is 0 Å². The van der Waals surface area contributed by atoms with Crippen LogP contribution < -0.4 is 4.74 Å². The van der Waals surface area contributed by atoms with Crippen molar-refractivity contribution in [1.82, 2.24) is 4.90 Å². The Morgan fingerprint density at radius 1 is 1.15 bits per heavy atom. The van der Waals surface area contributed by atoms with E-state index in [4.69, 9.17) is 4.74 Å². The Kier molecular flexibility index (Phi) is 5.57. The normalized spacial score (nSPS) is 14.5. The van der Waals surface area contributed by atoms with Crippen molar-refractivity contribution in [3.63, 3.8) is 0 Å². The van der Waals surface area contributed by atoms with Gasteiger partial charge in [-0.15, -0.1) is 0 Å². The zero-order chi connectivity index (χ0) is 18.7. The molecule has 0 saturated carbocycles. The van der Waals surface area contributed by atoms with Crippen molar-refractivity contribution in [2.45, 2.75) is 13.3 Å². The molecule has 26 heavy (non-hydrogen) atoms. The van der Waals surface area contributed by atoms with E-state index in [0.717, 1.165) is 22.3 Å². The molecule has 1 heterocycles. The number of amidine groups is 1. The molecule has 0 atom stereocenters. The highest BCUT2D eigenvalue weighted by Gasteiger charge is 2.26. The van der Waals surface area contributed by atoms with Crippen LogP contribution >= 0.6 is 15.9 Å². The van der Waals surface area contributed by atoms with Gasteiger partial charge in [-0.1, -0.05) is 43.0 Å². The quantitative estimate of drug-likeness (QED) is 0.664. The van der Waals surface area contributed by atoms with E-state index < -0.39 is 5.82 Å². The van der Waals surface area contributed by atoms with Gasteiger partial charge in [0.25, 0.3) is 0 Å². The molecule has 5 heteroatoms. The molecular weight excluding hydrogens is 395 g/mol. The fraction of sp³-hybridized carbons (Fsp3) is 0.190. The Morgan fingerprint density at radius 3 is 2.58 bits per heavy atom. The lowest BCUT2D eigenvalue weighted by molar-refractivity contribution is 0.385. The number of allylic oxidation sites excluding steroid dienone is 2. The van der Waals surface area contributed by atoms with Crippen LogP contribution in [0.3, 0.4) is 0 Å². The van der Waals surface area contributed by atoms with Crippen LogP contribution in [0.25, 0.3) is 0 Å². The molecule has 1 aliphatic rings. The maximum absolute atomic E-state index is 14.9. The first-order valence-electron chi connectivity index (χ1n) is 8.31.